The van der Waals surface area contributed by atoms with Crippen molar-refractivity contribution in [3.8, 4) is 0 Å². The SMILES string of the molecule is CC(=O)NC(CC(=O)NC(C)c1cccc(NC(=O)c2ccccc2)c1)c1ccc(C)cc1. The number of carbonyl (C=O) groups excluding carboxylic acids is 3. The van der Waals surface area contributed by atoms with Crippen LogP contribution in [0.25, 0.3) is 0 Å². The van der Waals surface area contributed by atoms with Gasteiger partial charge in [0.15, 0.2) is 0 Å². The third-order valence-corrected chi connectivity index (χ3v) is 5.30. The fraction of sp³-hybridized carbons (Fsp3) is 0.222. The Balaban J connectivity index is 1.64. The molecule has 0 spiro atoms. The van der Waals surface area contributed by atoms with Gasteiger partial charge in [-0.05, 0) is 49.2 Å². The van der Waals surface area contributed by atoms with Crippen molar-refractivity contribution >= 4 is 23.4 Å². The van der Waals surface area contributed by atoms with Crippen molar-refractivity contribution in [3.05, 3.63) is 101 Å². The Morgan fingerprint density at radius 1 is 0.818 bits per heavy atom. The number of carbonyl (C=O) groups is 3. The van der Waals surface area contributed by atoms with Gasteiger partial charge in [-0.1, -0.05) is 60.2 Å². The maximum absolute atomic E-state index is 12.8. The summed E-state index contributed by atoms with van der Waals surface area (Å²) in [7, 11) is 0. The van der Waals surface area contributed by atoms with Crippen LogP contribution >= 0.6 is 0 Å². The van der Waals surface area contributed by atoms with E-state index in [1.807, 2.05) is 80.6 Å². The largest absolute Gasteiger partial charge is 0.350 e. The van der Waals surface area contributed by atoms with E-state index in [9.17, 15) is 14.4 Å². The molecular weight excluding hydrogens is 414 g/mol. The summed E-state index contributed by atoms with van der Waals surface area (Å²) < 4.78 is 0. The Labute approximate surface area is 194 Å². The molecule has 3 N–H and O–H groups in total. The molecule has 0 fully saturated rings. The highest BCUT2D eigenvalue weighted by atomic mass is 16.2. The first-order chi connectivity index (χ1) is 15.8. The lowest BCUT2D eigenvalue weighted by Gasteiger charge is -2.21. The van der Waals surface area contributed by atoms with Gasteiger partial charge in [0, 0.05) is 18.2 Å². The van der Waals surface area contributed by atoms with Crippen LogP contribution in [0.3, 0.4) is 0 Å². The topological polar surface area (TPSA) is 87.3 Å². The summed E-state index contributed by atoms with van der Waals surface area (Å²) in [5.41, 5.74) is 4.07. The summed E-state index contributed by atoms with van der Waals surface area (Å²) in [5.74, 6) is -0.565. The summed E-state index contributed by atoms with van der Waals surface area (Å²) in [6, 6.07) is 23.5. The maximum Gasteiger partial charge on any atom is 0.255 e. The molecule has 0 bridgehead atoms. The van der Waals surface area contributed by atoms with Crippen LogP contribution < -0.4 is 16.0 Å². The summed E-state index contributed by atoms with van der Waals surface area (Å²) in [5, 5.41) is 8.74. The molecule has 0 radical (unpaired) electrons. The Kier molecular flexibility index (Phi) is 7.97. The van der Waals surface area contributed by atoms with Crippen LogP contribution in [0.1, 0.15) is 59.4 Å². The fourth-order valence-electron chi connectivity index (χ4n) is 3.54. The van der Waals surface area contributed by atoms with E-state index in [4.69, 9.17) is 0 Å². The second kappa shape index (κ2) is 11.1. The molecule has 6 heteroatoms. The van der Waals surface area contributed by atoms with E-state index in [1.165, 1.54) is 6.92 Å². The Morgan fingerprint density at radius 3 is 2.18 bits per heavy atom. The standard InChI is InChI=1S/C27H29N3O3/c1-18-12-14-21(15-13-18)25(29-20(3)31)17-26(32)28-19(2)23-10-7-11-24(16-23)30-27(33)22-8-5-4-6-9-22/h4-16,19,25H,17H2,1-3H3,(H,28,32)(H,29,31)(H,30,33). The second-order valence-electron chi connectivity index (χ2n) is 8.10. The van der Waals surface area contributed by atoms with Gasteiger partial charge < -0.3 is 16.0 Å². The molecule has 0 aliphatic carbocycles. The molecule has 6 nitrogen and oxygen atoms in total. The molecule has 3 aromatic rings. The summed E-state index contributed by atoms with van der Waals surface area (Å²) in [6.45, 7) is 5.31. The van der Waals surface area contributed by atoms with Crippen molar-refractivity contribution in [2.75, 3.05) is 5.32 Å². The first-order valence-corrected chi connectivity index (χ1v) is 10.9. The van der Waals surface area contributed by atoms with Gasteiger partial charge in [0.1, 0.15) is 0 Å². The van der Waals surface area contributed by atoms with Gasteiger partial charge in [0.05, 0.1) is 18.5 Å². The lowest BCUT2D eigenvalue weighted by atomic mass is 10.0. The van der Waals surface area contributed by atoms with Gasteiger partial charge in [-0.2, -0.15) is 0 Å². The average Bonchev–Trinajstić information content (AvgIpc) is 2.79. The highest BCUT2D eigenvalue weighted by Gasteiger charge is 2.19. The number of rotatable bonds is 8. The third-order valence-electron chi connectivity index (χ3n) is 5.30. The van der Waals surface area contributed by atoms with Crippen LogP contribution in [0.4, 0.5) is 5.69 Å². The fourth-order valence-corrected chi connectivity index (χ4v) is 3.54. The van der Waals surface area contributed by atoms with Crippen molar-refractivity contribution < 1.29 is 14.4 Å². The third kappa shape index (κ3) is 7.04. The summed E-state index contributed by atoms with van der Waals surface area (Å²) in [6.07, 6.45) is 0.122. The van der Waals surface area contributed by atoms with Crippen molar-refractivity contribution in [2.24, 2.45) is 0 Å². The van der Waals surface area contributed by atoms with Gasteiger partial charge >= 0.3 is 0 Å². The molecule has 33 heavy (non-hydrogen) atoms. The first-order valence-electron chi connectivity index (χ1n) is 10.9. The molecular formula is C27H29N3O3. The number of hydrogen-bond donors (Lipinski definition) is 3. The molecule has 3 amide bonds. The van der Waals surface area contributed by atoms with Crippen LogP contribution in [0, 0.1) is 6.92 Å². The molecule has 2 unspecified atom stereocenters. The van der Waals surface area contributed by atoms with E-state index in [1.54, 1.807) is 12.1 Å². The zero-order valence-corrected chi connectivity index (χ0v) is 19.1. The van der Waals surface area contributed by atoms with Gasteiger partial charge in [0.25, 0.3) is 5.91 Å². The quantitative estimate of drug-likeness (QED) is 0.472. The summed E-state index contributed by atoms with van der Waals surface area (Å²) >= 11 is 0. The maximum atomic E-state index is 12.8. The predicted molar refractivity (Wildman–Crippen MR) is 130 cm³/mol. The Morgan fingerprint density at radius 2 is 1.52 bits per heavy atom. The number of nitrogens with one attached hydrogen (secondary N) is 3. The smallest absolute Gasteiger partial charge is 0.255 e. The van der Waals surface area contributed by atoms with Crippen molar-refractivity contribution in [2.45, 2.75) is 39.3 Å². The lowest BCUT2D eigenvalue weighted by Crippen LogP contribution is -2.33. The molecule has 0 saturated carbocycles. The molecule has 0 aliphatic rings. The van der Waals surface area contributed by atoms with Crippen LogP contribution in [0.2, 0.25) is 0 Å². The minimum Gasteiger partial charge on any atom is -0.350 e. The van der Waals surface area contributed by atoms with Crippen LogP contribution in [0.15, 0.2) is 78.9 Å². The van der Waals surface area contributed by atoms with Crippen LogP contribution in [-0.4, -0.2) is 17.7 Å². The number of hydrogen-bond acceptors (Lipinski definition) is 3. The van der Waals surface area contributed by atoms with Gasteiger partial charge in [-0.3, -0.25) is 14.4 Å². The summed E-state index contributed by atoms with van der Waals surface area (Å²) in [4.78, 5) is 36.9. The highest BCUT2D eigenvalue weighted by molar-refractivity contribution is 6.04. The molecule has 0 saturated heterocycles. The second-order valence-corrected chi connectivity index (χ2v) is 8.10. The van der Waals surface area contributed by atoms with Gasteiger partial charge in [-0.15, -0.1) is 0 Å². The van der Waals surface area contributed by atoms with Crippen LogP contribution in [0.5, 0.6) is 0 Å². The number of amides is 3. The molecule has 0 heterocycles. The highest BCUT2D eigenvalue weighted by Crippen LogP contribution is 2.21. The van der Waals surface area contributed by atoms with Gasteiger partial charge in [0.2, 0.25) is 11.8 Å². The van der Waals surface area contributed by atoms with Crippen LogP contribution in [-0.2, 0) is 9.59 Å². The van der Waals surface area contributed by atoms with Crippen molar-refractivity contribution in [1.82, 2.24) is 10.6 Å². The van der Waals surface area contributed by atoms with E-state index in [2.05, 4.69) is 16.0 Å². The minimum atomic E-state index is -0.410. The zero-order valence-electron chi connectivity index (χ0n) is 19.1. The number of anilines is 1. The molecule has 3 aromatic carbocycles. The number of benzene rings is 3. The predicted octanol–water partition coefficient (Wildman–Crippen LogP) is 4.69. The van der Waals surface area contributed by atoms with E-state index >= 15 is 0 Å². The van der Waals surface area contributed by atoms with Crippen molar-refractivity contribution in [1.29, 1.82) is 0 Å². The normalized spacial score (nSPS) is 12.3. The van der Waals surface area contributed by atoms with E-state index in [-0.39, 0.29) is 30.2 Å². The molecule has 0 aromatic heterocycles. The molecule has 3 rings (SSSR count). The molecule has 2 atom stereocenters. The molecule has 170 valence electrons. The average molecular weight is 444 g/mol. The van der Waals surface area contributed by atoms with E-state index < -0.39 is 6.04 Å². The van der Waals surface area contributed by atoms with E-state index in [0.717, 1.165) is 16.7 Å². The van der Waals surface area contributed by atoms with E-state index in [0.29, 0.717) is 11.3 Å². The monoisotopic (exact) mass is 443 g/mol. The molecule has 0 aliphatic heterocycles. The Bertz CT molecular complexity index is 1110. The number of aryl methyl sites for hydroxylation is 1. The van der Waals surface area contributed by atoms with Gasteiger partial charge in [-0.25, -0.2) is 0 Å². The lowest BCUT2D eigenvalue weighted by molar-refractivity contribution is -0.123. The zero-order chi connectivity index (χ0) is 23.8. The Hall–Kier alpha value is -3.93. The first kappa shape index (κ1) is 23.7. The minimum absolute atomic E-state index is 0.122. The van der Waals surface area contributed by atoms with Crippen molar-refractivity contribution in [3.63, 3.8) is 0 Å².